The minimum Gasteiger partial charge on any atom is -0.391 e. The number of aliphatic hydroxyl groups excluding tert-OH is 1. The zero-order valence-electron chi connectivity index (χ0n) is 21.1. The summed E-state index contributed by atoms with van der Waals surface area (Å²) in [4.78, 5) is 40.2. The van der Waals surface area contributed by atoms with E-state index in [2.05, 4.69) is 44.6 Å². The first-order valence-electron chi connectivity index (χ1n) is 11.9. The number of anilines is 1. The number of nitrogens with one attached hydrogen (secondary N) is 4. The third-order valence-electron chi connectivity index (χ3n) is 5.27. The topological polar surface area (TPSA) is 153 Å². The molecule has 1 aromatic heterocycles. The average molecular weight is 542 g/mol. The third-order valence-corrected chi connectivity index (χ3v) is 5.27. The fourth-order valence-corrected chi connectivity index (χ4v) is 3.26. The third kappa shape index (κ3) is 10.0. The lowest BCUT2D eigenvalue weighted by atomic mass is 10.1. The van der Waals surface area contributed by atoms with Gasteiger partial charge in [-0.25, -0.2) is 5.48 Å². The molecule has 0 saturated heterocycles. The van der Waals surface area contributed by atoms with E-state index in [9.17, 15) is 19.5 Å². The van der Waals surface area contributed by atoms with E-state index in [1.165, 1.54) is 24.5 Å². The van der Waals surface area contributed by atoms with Crippen LogP contribution in [0.15, 0.2) is 72.9 Å². The molecular formula is C30H31N5O5. The van der Waals surface area contributed by atoms with Crippen molar-refractivity contribution in [3.05, 3.63) is 95.3 Å². The Morgan fingerprint density at radius 2 is 1.55 bits per heavy atom. The highest BCUT2D eigenvalue weighted by atomic mass is 16.5. The number of aliphatic hydroxyl groups is 1. The normalized spacial score (nSPS) is 11.2. The van der Waals surface area contributed by atoms with Crippen LogP contribution in [0.3, 0.4) is 0 Å². The fraction of sp³-hybridized carbons (Fsp3) is 0.200. The molecule has 2 atom stereocenters. The molecule has 3 amide bonds. The van der Waals surface area contributed by atoms with Crippen LogP contribution >= 0.6 is 0 Å². The standard InChI is InChI=1S/C29H27N5O5.CH4/c1-20(35)27(29(38)34-39)33-28(37)23-13-9-21(10-14-23)6-2-3-7-22-11-15-24(16-12-22)32-26(36)19-30-18-25-8-4-5-17-31-25;/h4-5,8-17,20,27,30,35,39H,18-19H2,1H3,(H,32,36)(H,33,37)(H,34,38);1H4/t20-,27+;/m1./s1. The van der Waals surface area contributed by atoms with Crippen LogP contribution in [0.5, 0.6) is 0 Å². The van der Waals surface area contributed by atoms with E-state index in [1.54, 1.807) is 42.6 Å². The van der Waals surface area contributed by atoms with Gasteiger partial charge in [-0.3, -0.25) is 24.6 Å². The number of benzene rings is 2. The monoisotopic (exact) mass is 541 g/mol. The van der Waals surface area contributed by atoms with Crippen molar-refractivity contribution < 1.29 is 24.7 Å². The minimum atomic E-state index is -1.30. The number of nitrogens with zero attached hydrogens (tertiary/aromatic N) is 1. The minimum absolute atomic E-state index is 0. The van der Waals surface area contributed by atoms with Crippen molar-refractivity contribution in [1.29, 1.82) is 0 Å². The van der Waals surface area contributed by atoms with Gasteiger partial charge in [-0.1, -0.05) is 25.3 Å². The Balaban J connectivity index is 0.00000560. The van der Waals surface area contributed by atoms with Crippen molar-refractivity contribution in [3.8, 4) is 23.7 Å². The van der Waals surface area contributed by atoms with Gasteiger partial charge in [0.25, 0.3) is 11.8 Å². The molecule has 6 N–H and O–H groups in total. The van der Waals surface area contributed by atoms with Crippen LogP contribution in [0.1, 0.15) is 41.5 Å². The molecule has 0 aliphatic carbocycles. The number of hydroxylamine groups is 1. The van der Waals surface area contributed by atoms with Crippen LogP contribution in [0.25, 0.3) is 0 Å². The highest BCUT2D eigenvalue weighted by molar-refractivity contribution is 5.97. The lowest BCUT2D eigenvalue weighted by Gasteiger charge is -2.19. The highest BCUT2D eigenvalue weighted by Crippen LogP contribution is 2.09. The maximum absolute atomic E-state index is 12.3. The molecule has 10 heteroatoms. The van der Waals surface area contributed by atoms with Gasteiger partial charge in [0.15, 0.2) is 0 Å². The first kappa shape index (κ1) is 31.2. The Morgan fingerprint density at radius 3 is 2.10 bits per heavy atom. The smallest absolute Gasteiger partial charge is 0.268 e. The zero-order chi connectivity index (χ0) is 28.0. The number of rotatable bonds is 9. The van der Waals surface area contributed by atoms with Gasteiger partial charge in [0.1, 0.15) is 6.04 Å². The molecular weight excluding hydrogens is 510 g/mol. The van der Waals surface area contributed by atoms with Gasteiger partial charge in [-0.05, 0) is 79.4 Å². The molecule has 3 aromatic rings. The van der Waals surface area contributed by atoms with Gasteiger partial charge in [0.2, 0.25) is 5.91 Å². The van der Waals surface area contributed by atoms with Crippen molar-refractivity contribution >= 4 is 23.4 Å². The van der Waals surface area contributed by atoms with E-state index in [0.717, 1.165) is 11.3 Å². The van der Waals surface area contributed by atoms with Gasteiger partial charge >= 0.3 is 0 Å². The van der Waals surface area contributed by atoms with E-state index in [-0.39, 0.29) is 25.4 Å². The molecule has 0 spiro atoms. The molecule has 1 heterocycles. The summed E-state index contributed by atoms with van der Waals surface area (Å²) in [6, 6.07) is 17.6. The van der Waals surface area contributed by atoms with Gasteiger partial charge < -0.3 is 21.1 Å². The molecule has 0 aliphatic rings. The van der Waals surface area contributed by atoms with Crippen LogP contribution in [0.4, 0.5) is 5.69 Å². The SMILES string of the molecule is C.C[C@@H](O)[C@H](NC(=O)c1ccc(C#CC#Cc2ccc(NC(=O)CNCc3ccccn3)cc2)cc1)C(=O)NO. The van der Waals surface area contributed by atoms with Crippen molar-refractivity contribution in [2.45, 2.75) is 33.0 Å². The lowest BCUT2D eigenvalue weighted by Crippen LogP contribution is -2.51. The molecule has 2 aromatic carbocycles. The lowest BCUT2D eigenvalue weighted by molar-refractivity contribution is -0.133. The molecule has 0 saturated carbocycles. The molecule has 0 bridgehead atoms. The number of hydrogen-bond acceptors (Lipinski definition) is 7. The Morgan fingerprint density at radius 1 is 0.925 bits per heavy atom. The quantitative estimate of drug-likeness (QED) is 0.137. The largest absolute Gasteiger partial charge is 0.391 e. The number of hydrogen-bond donors (Lipinski definition) is 6. The molecule has 40 heavy (non-hydrogen) atoms. The number of amides is 3. The first-order valence-corrected chi connectivity index (χ1v) is 11.9. The summed E-state index contributed by atoms with van der Waals surface area (Å²) in [5.74, 6) is 9.61. The summed E-state index contributed by atoms with van der Waals surface area (Å²) in [5, 5.41) is 26.6. The van der Waals surface area contributed by atoms with E-state index in [4.69, 9.17) is 5.21 Å². The second-order valence-corrected chi connectivity index (χ2v) is 8.30. The summed E-state index contributed by atoms with van der Waals surface area (Å²) in [5.41, 5.74) is 4.51. The molecule has 0 fully saturated rings. The van der Waals surface area contributed by atoms with Gasteiger partial charge in [-0.15, -0.1) is 0 Å². The molecule has 10 nitrogen and oxygen atoms in total. The van der Waals surface area contributed by atoms with E-state index in [0.29, 0.717) is 17.8 Å². The highest BCUT2D eigenvalue weighted by Gasteiger charge is 2.25. The Labute approximate surface area is 233 Å². The molecule has 3 rings (SSSR count). The fourth-order valence-electron chi connectivity index (χ4n) is 3.26. The number of carbonyl (C=O) groups excluding carboxylic acids is 3. The average Bonchev–Trinajstić information content (AvgIpc) is 2.95. The molecule has 0 aliphatic heterocycles. The Bertz CT molecular complexity index is 1400. The van der Waals surface area contributed by atoms with Crippen LogP contribution in [0.2, 0.25) is 0 Å². The summed E-state index contributed by atoms with van der Waals surface area (Å²) in [6.45, 7) is 1.97. The van der Waals surface area contributed by atoms with E-state index < -0.39 is 24.0 Å². The summed E-state index contributed by atoms with van der Waals surface area (Å²) in [6.07, 6.45) is 0.500. The van der Waals surface area contributed by atoms with Crippen LogP contribution in [0, 0.1) is 23.7 Å². The Hall–Kier alpha value is -5.00. The maximum atomic E-state index is 12.3. The van der Waals surface area contributed by atoms with Gasteiger partial charge in [-0.2, -0.15) is 0 Å². The van der Waals surface area contributed by atoms with E-state index >= 15 is 0 Å². The summed E-state index contributed by atoms with van der Waals surface area (Å²) < 4.78 is 0. The van der Waals surface area contributed by atoms with Gasteiger partial charge in [0, 0.05) is 35.1 Å². The van der Waals surface area contributed by atoms with Crippen LogP contribution in [-0.4, -0.2) is 51.7 Å². The van der Waals surface area contributed by atoms with Crippen LogP contribution in [-0.2, 0) is 16.1 Å². The molecule has 0 radical (unpaired) electrons. The van der Waals surface area contributed by atoms with Gasteiger partial charge in [0.05, 0.1) is 18.3 Å². The molecule has 0 unspecified atom stereocenters. The van der Waals surface area contributed by atoms with E-state index in [1.807, 2.05) is 18.2 Å². The summed E-state index contributed by atoms with van der Waals surface area (Å²) in [7, 11) is 0. The van der Waals surface area contributed by atoms with Crippen molar-refractivity contribution in [1.82, 2.24) is 21.1 Å². The second-order valence-electron chi connectivity index (χ2n) is 8.30. The Kier molecular flexibility index (Phi) is 12.5. The van der Waals surface area contributed by atoms with Crippen LogP contribution < -0.4 is 21.4 Å². The zero-order valence-corrected chi connectivity index (χ0v) is 21.1. The van der Waals surface area contributed by atoms with Crippen molar-refractivity contribution in [2.24, 2.45) is 0 Å². The predicted octanol–water partition coefficient (Wildman–Crippen LogP) is 1.83. The number of carbonyl (C=O) groups is 3. The number of aromatic nitrogens is 1. The second kappa shape index (κ2) is 16.1. The summed E-state index contributed by atoms with van der Waals surface area (Å²) >= 11 is 0. The van der Waals surface area contributed by atoms with Crippen molar-refractivity contribution in [3.63, 3.8) is 0 Å². The molecule has 206 valence electrons. The first-order chi connectivity index (χ1) is 18.9. The van der Waals surface area contributed by atoms with Crippen molar-refractivity contribution in [2.75, 3.05) is 11.9 Å². The maximum Gasteiger partial charge on any atom is 0.268 e. The predicted molar refractivity (Wildman–Crippen MR) is 151 cm³/mol. The number of pyridine rings is 1.